The smallest absolute Gasteiger partial charge is 0.130 e. The van der Waals surface area contributed by atoms with Crippen molar-refractivity contribution in [2.45, 2.75) is 13.5 Å². The zero-order chi connectivity index (χ0) is 16.0. The first-order chi connectivity index (χ1) is 11.2. The Morgan fingerprint density at radius 2 is 1.78 bits per heavy atom. The van der Waals surface area contributed by atoms with Crippen molar-refractivity contribution in [1.82, 2.24) is 19.6 Å². The molecule has 23 heavy (non-hydrogen) atoms. The van der Waals surface area contributed by atoms with Gasteiger partial charge in [-0.25, -0.2) is 0 Å². The molecule has 0 saturated carbocycles. The van der Waals surface area contributed by atoms with Gasteiger partial charge in [0, 0.05) is 12.4 Å². The highest BCUT2D eigenvalue weighted by atomic mass is 16.5. The zero-order valence-electron chi connectivity index (χ0n) is 13.4. The monoisotopic (exact) mass is 306 g/mol. The van der Waals surface area contributed by atoms with Crippen molar-refractivity contribution in [2.24, 2.45) is 7.05 Å². The van der Waals surface area contributed by atoms with Gasteiger partial charge in [0.2, 0.25) is 0 Å². The fourth-order valence-electron chi connectivity index (χ4n) is 3.22. The Hall–Kier alpha value is -2.82. The quantitative estimate of drug-likeness (QED) is 0.583. The Morgan fingerprint density at radius 3 is 2.61 bits per heavy atom. The predicted octanol–water partition coefficient (Wildman–Crippen LogP) is 3.29. The number of nitrogens with zero attached hydrogens (tertiary/aromatic N) is 4. The van der Waals surface area contributed by atoms with E-state index in [1.54, 1.807) is 7.11 Å². The van der Waals surface area contributed by atoms with Crippen LogP contribution in [0, 0.1) is 6.92 Å². The van der Waals surface area contributed by atoms with E-state index in [0.717, 1.165) is 33.6 Å². The van der Waals surface area contributed by atoms with Gasteiger partial charge in [0.15, 0.2) is 0 Å². The molecule has 0 aliphatic carbocycles. The van der Waals surface area contributed by atoms with Gasteiger partial charge in [0.1, 0.15) is 5.75 Å². The average Bonchev–Trinajstić information content (AvgIpc) is 3.06. The van der Waals surface area contributed by atoms with Gasteiger partial charge >= 0.3 is 0 Å². The van der Waals surface area contributed by atoms with Gasteiger partial charge in [-0.1, -0.05) is 24.3 Å². The molecule has 0 fully saturated rings. The van der Waals surface area contributed by atoms with Crippen molar-refractivity contribution in [3.63, 3.8) is 0 Å². The number of ether oxygens (including phenoxy) is 1. The molecule has 0 bridgehead atoms. The van der Waals surface area contributed by atoms with Crippen molar-refractivity contribution >= 4 is 21.8 Å². The lowest BCUT2D eigenvalue weighted by molar-refractivity contribution is 0.419. The fraction of sp³-hybridized carbons (Fsp3) is 0.222. The summed E-state index contributed by atoms with van der Waals surface area (Å²) >= 11 is 0. The van der Waals surface area contributed by atoms with E-state index in [2.05, 4.69) is 23.3 Å². The summed E-state index contributed by atoms with van der Waals surface area (Å²) in [6.07, 6.45) is 0. The fourth-order valence-corrected chi connectivity index (χ4v) is 3.22. The lowest BCUT2D eigenvalue weighted by Crippen LogP contribution is -2.03. The van der Waals surface area contributed by atoms with Crippen molar-refractivity contribution in [1.29, 1.82) is 0 Å². The van der Waals surface area contributed by atoms with Crippen molar-refractivity contribution in [3.05, 3.63) is 53.9 Å². The van der Waals surface area contributed by atoms with Crippen LogP contribution in [0.3, 0.4) is 0 Å². The lowest BCUT2D eigenvalue weighted by atomic mass is 10.2. The van der Waals surface area contributed by atoms with Crippen LogP contribution in [0.4, 0.5) is 0 Å². The molecular formula is C18H18N4O. The van der Waals surface area contributed by atoms with Crippen LogP contribution in [0.5, 0.6) is 5.75 Å². The highest BCUT2D eigenvalue weighted by Gasteiger charge is 2.14. The van der Waals surface area contributed by atoms with Gasteiger partial charge in [-0.15, -0.1) is 0 Å². The van der Waals surface area contributed by atoms with E-state index in [-0.39, 0.29) is 0 Å². The van der Waals surface area contributed by atoms with Crippen LogP contribution >= 0.6 is 0 Å². The van der Waals surface area contributed by atoms with E-state index in [9.17, 15) is 0 Å². The van der Waals surface area contributed by atoms with Crippen LogP contribution in [0.2, 0.25) is 0 Å². The van der Waals surface area contributed by atoms with Crippen molar-refractivity contribution in [2.75, 3.05) is 7.11 Å². The third-order valence-electron chi connectivity index (χ3n) is 4.27. The molecule has 0 aliphatic heterocycles. The van der Waals surface area contributed by atoms with Crippen LogP contribution in [0.15, 0.2) is 42.5 Å². The summed E-state index contributed by atoms with van der Waals surface area (Å²) in [7, 11) is 3.67. The number of rotatable bonds is 3. The van der Waals surface area contributed by atoms with Crippen molar-refractivity contribution in [3.8, 4) is 5.75 Å². The van der Waals surface area contributed by atoms with Gasteiger partial charge in [0.25, 0.3) is 0 Å². The zero-order valence-corrected chi connectivity index (χ0v) is 13.4. The molecule has 0 atom stereocenters. The summed E-state index contributed by atoms with van der Waals surface area (Å²) in [4.78, 5) is 0. The Bertz CT molecular complexity index is 1010. The highest BCUT2D eigenvalue weighted by molar-refractivity contribution is 5.88. The third-order valence-corrected chi connectivity index (χ3v) is 4.27. The number of hydrogen-bond donors (Lipinski definition) is 0. The topological polar surface area (TPSA) is 44.9 Å². The summed E-state index contributed by atoms with van der Waals surface area (Å²) in [5, 5.41) is 11.6. The molecule has 0 unspecified atom stereocenters. The van der Waals surface area contributed by atoms with Crippen LogP contribution in [0.25, 0.3) is 21.8 Å². The number of para-hydroxylation sites is 1. The number of aryl methyl sites for hydroxylation is 2. The minimum Gasteiger partial charge on any atom is -0.496 e. The van der Waals surface area contributed by atoms with E-state index >= 15 is 0 Å². The predicted molar refractivity (Wildman–Crippen MR) is 90.8 cm³/mol. The molecule has 0 radical (unpaired) electrons. The molecule has 2 heterocycles. The molecule has 4 rings (SSSR count). The minimum atomic E-state index is 0.638. The minimum absolute atomic E-state index is 0.638. The first-order valence-corrected chi connectivity index (χ1v) is 7.60. The standard InChI is InChI=1S/C18H18N4O/c1-12-18-16(9-6-10-17(18)23-3)22(19-12)11-14-13-7-4-5-8-15(13)21(2)20-14/h4-10H,11H2,1-3H3. The van der Waals surface area contributed by atoms with E-state index in [1.165, 1.54) is 5.39 Å². The first kappa shape index (κ1) is 13.8. The maximum absolute atomic E-state index is 5.47. The Kier molecular flexibility index (Phi) is 3.08. The van der Waals surface area contributed by atoms with Crippen LogP contribution in [0.1, 0.15) is 11.4 Å². The maximum atomic E-state index is 5.47. The first-order valence-electron chi connectivity index (χ1n) is 7.60. The number of hydrogen-bond acceptors (Lipinski definition) is 3. The Labute approximate surface area is 134 Å². The number of methoxy groups -OCH3 is 1. The van der Waals surface area contributed by atoms with Gasteiger partial charge in [-0.05, 0) is 25.1 Å². The molecule has 0 saturated heterocycles. The Balaban J connectivity index is 1.87. The normalized spacial score (nSPS) is 11.4. The summed E-state index contributed by atoms with van der Waals surface area (Å²) < 4.78 is 9.40. The molecule has 2 aromatic heterocycles. The molecule has 0 aliphatic rings. The summed E-state index contributed by atoms with van der Waals surface area (Å²) in [5.41, 5.74) is 4.19. The lowest BCUT2D eigenvalue weighted by Gasteiger charge is -2.04. The highest BCUT2D eigenvalue weighted by Crippen LogP contribution is 2.29. The summed E-state index contributed by atoms with van der Waals surface area (Å²) in [6.45, 7) is 2.65. The number of benzene rings is 2. The third kappa shape index (κ3) is 2.08. The SMILES string of the molecule is COc1cccc2c1c(C)nn2Cc1nn(C)c2ccccc12. The summed E-state index contributed by atoms with van der Waals surface area (Å²) in [6, 6.07) is 14.3. The molecule has 116 valence electrons. The number of aromatic nitrogens is 4. The second-order valence-electron chi connectivity index (χ2n) is 5.68. The molecule has 5 nitrogen and oxygen atoms in total. The molecule has 0 amide bonds. The number of fused-ring (bicyclic) bond motifs is 2. The Morgan fingerprint density at radius 1 is 1.00 bits per heavy atom. The van der Waals surface area contributed by atoms with E-state index in [4.69, 9.17) is 9.84 Å². The van der Waals surface area contributed by atoms with E-state index in [1.807, 2.05) is 47.6 Å². The largest absolute Gasteiger partial charge is 0.496 e. The molecule has 4 aromatic rings. The average molecular weight is 306 g/mol. The van der Waals surface area contributed by atoms with Crippen LogP contribution in [-0.4, -0.2) is 26.7 Å². The van der Waals surface area contributed by atoms with Gasteiger partial charge in [0.05, 0.1) is 41.5 Å². The van der Waals surface area contributed by atoms with Crippen LogP contribution < -0.4 is 4.74 Å². The molecule has 2 aromatic carbocycles. The van der Waals surface area contributed by atoms with Crippen molar-refractivity contribution < 1.29 is 4.74 Å². The van der Waals surface area contributed by atoms with Gasteiger partial charge in [-0.2, -0.15) is 10.2 Å². The second kappa shape index (κ2) is 5.12. The van der Waals surface area contributed by atoms with Gasteiger partial charge in [-0.3, -0.25) is 9.36 Å². The van der Waals surface area contributed by atoms with E-state index < -0.39 is 0 Å². The van der Waals surface area contributed by atoms with Gasteiger partial charge < -0.3 is 4.74 Å². The summed E-state index contributed by atoms with van der Waals surface area (Å²) in [5.74, 6) is 0.858. The molecule has 5 heteroatoms. The maximum Gasteiger partial charge on any atom is 0.130 e. The molecule has 0 N–H and O–H groups in total. The second-order valence-corrected chi connectivity index (χ2v) is 5.68. The van der Waals surface area contributed by atoms with Crippen LogP contribution in [-0.2, 0) is 13.6 Å². The molecular weight excluding hydrogens is 288 g/mol. The molecule has 0 spiro atoms. The van der Waals surface area contributed by atoms with E-state index in [0.29, 0.717) is 6.54 Å².